The van der Waals surface area contributed by atoms with Crippen molar-refractivity contribution in [2.75, 3.05) is 0 Å². The predicted molar refractivity (Wildman–Crippen MR) is 130 cm³/mol. The van der Waals surface area contributed by atoms with Gasteiger partial charge in [0.15, 0.2) is 0 Å². The molecule has 170 valence electrons. The van der Waals surface area contributed by atoms with E-state index in [9.17, 15) is 4.79 Å². The summed E-state index contributed by atoms with van der Waals surface area (Å²) in [6, 6.07) is 12.0. The smallest absolute Gasteiger partial charge is 0.314 e. The normalized spacial score (nSPS) is 12.0. The number of rotatable bonds is 15. The fraction of sp³-hybridized carbons (Fsp3) is 0.571. The van der Waals surface area contributed by atoms with Gasteiger partial charge in [0.1, 0.15) is 5.75 Å². The number of carbonyl (C=O) groups is 1. The molecule has 0 saturated carbocycles. The van der Waals surface area contributed by atoms with Gasteiger partial charge in [0.05, 0.1) is 11.6 Å². The molecule has 0 amide bonds. The molecular weight excluding hydrogens is 382 g/mol. The van der Waals surface area contributed by atoms with Crippen molar-refractivity contribution < 1.29 is 9.53 Å². The van der Waals surface area contributed by atoms with Crippen molar-refractivity contribution in [1.82, 2.24) is 4.98 Å². The average molecular weight is 424 g/mol. The summed E-state index contributed by atoms with van der Waals surface area (Å²) in [7, 11) is 0. The Hall–Kier alpha value is -2.16. The Morgan fingerprint density at radius 2 is 1.48 bits per heavy atom. The first-order chi connectivity index (χ1) is 15.1. The number of unbranched alkanes of at least 4 members (excludes halogenated alkanes) is 8. The molecule has 0 aliphatic heterocycles. The SMILES string of the molecule is CCCCCCCCc1ccc(-c2ccc(OC(=O)[C@@H](C)CCCCCC)cc2)nc1. The zero-order valence-corrected chi connectivity index (χ0v) is 19.9. The Morgan fingerprint density at radius 3 is 2.13 bits per heavy atom. The van der Waals surface area contributed by atoms with Gasteiger partial charge in [-0.3, -0.25) is 9.78 Å². The first-order valence-corrected chi connectivity index (χ1v) is 12.4. The summed E-state index contributed by atoms with van der Waals surface area (Å²) in [5.41, 5.74) is 3.30. The van der Waals surface area contributed by atoms with E-state index in [1.807, 2.05) is 37.4 Å². The maximum absolute atomic E-state index is 12.3. The van der Waals surface area contributed by atoms with Crippen LogP contribution in [0.4, 0.5) is 0 Å². The number of benzene rings is 1. The number of aromatic nitrogens is 1. The quantitative estimate of drug-likeness (QED) is 0.165. The van der Waals surface area contributed by atoms with Crippen LogP contribution in [0.3, 0.4) is 0 Å². The lowest BCUT2D eigenvalue weighted by Gasteiger charge is -2.11. The second-order valence-electron chi connectivity index (χ2n) is 8.77. The third-order valence-corrected chi connectivity index (χ3v) is 5.91. The van der Waals surface area contributed by atoms with Gasteiger partial charge < -0.3 is 4.74 Å². The summed E-state index contributed by atoms with van der Waals surface area (Å²) in [5.74, 6) is 0.410. The second-order valence-corrected chi connectivity index (χ2v) is 8.77. The maximum atomic E-state index is 12.3. The molecule has 1 aromatic carbocycles. The predicted octanol–water partition coefficient (Wildman–Crippen LogP) is 8.16. The van der Waals surface area contributed by atoms with Gasteiger partial charge in [-0.1, -0.05) is 84.6 Å². The zero-order valence-electron chi connectivity index (χ0n) is 19.9. The van der Waals surface area contributed by atoms with Gasteiger partial charge in [-0.05, 0) is 55.2 Å². The number of esters is 1. The molecule has 0 N–H and O–H groups in total. The van der Waals surface area contributed by atoms with Gasteiger partial charge in [0.2, 0.25) is 0 Å². The summed E-state index contributed by atoms with van der Waals surface area (Å²) in [6.07, 6.45) is 16.6. The van der Waals surface area contributed by atoms with E-state index in [1.54, 1.807) is 0 Å². The van der Waals surface area contributed by atoms with Gasteiger partial charge in [-0.15, -0.1) is 0 Å². The van der Waals surface area contributed by atoms with Crippen LogP contribution in [0.25, 0.3) is 11.3 Å². The lowest BCUT2D eigenvalue weighted by molar-refractivity contribution is -0.138. The summed E-state index contributed by atoms with van der Waals surface area (Å²) >= 11 is 0. The molecule has 1 heterocycles. The fourth-order valence-electron chi connectivity index (χ4n) is 3.76. The van der Waals surface area contributed by atoms with Crippen molar-refractivity contribution in [2.24, 2.45) is 5.92 Å². The molecule has 31 heavy (non-hydrogen) atoms. The van der Waals surface area contributed by atoms with Gasteiger partial charge in [0, 0.05) is 11.8 Å². The van der Waals surface area contributed by atoms with E-state index in [0.717, 1.165) is 30.5 Å². The Bertz CT molecular complexity index is 737. The first-order valence-electron chi connectivity index (χ1n) is 12.4. The number of hydrogen-bond acceptors (Lipinski definition) is 3. The fourth-order valence-corrected chi connectivity index (χ4v) is 3.76. The minimum absolute atomic E-state index is 0.0580. The second kappa shape index (κ2) is 14.8. The van der Waals surface area contributed by atoms with E-state index in [1.165, 1.54) is 63.4 Å². The van der Waals surface area contributed by atoms with Crippen molar-refractivity contribution in [2.45, 2.75) is 97.8 Å². The molecule has 3 heteroatoms. The third kappa shape index (κ3) is 9.67. The van der Waals surface area contributed by atoms with Crippen LogP contribution >= 0.6 is 0 Å². The summed E-state index contributed by atoms with van der Waals surface area (Å²) < 4.78 is 5.56. The van der Waals surface area contributed by atoms with E-state index in [2.05, 4.69) is 31.0 Å². The van der Waals surface area contributed by atoms with E-state index in [0.29, 0.717) is 5.75 Å². The van der Waals surface area contributed by atoms with Crippen LogP contribution in [0.5, 0.6) is 5.75 Å². The highest BCUT2D eigenvalue weighted by atomic mass is 16.5. The number of aryl methyl sites for hydroxylation is 1. The van der Waals surface area contributed by atoms with Crippen molar-refractivity contribution in [3.63, 3.8) is 0 Å². The zero-order chi connectivity index (χ0) is 22.3. The van der Waals surface area contributed by atoms with Gasteiger partial charge in [-0.2, -0.15) is 0 Å². The topological polar surface area (TPSA) is 39.2 Å². The number of nitrogens with zero attached hydrogens (tertiary/aromatic N) is 1. The minimum atomic E-state index is -0.138. The molecule has 0 fully saturated rings. The van der Waals surface area contributed by atoms with E-state index >= 15 is 0 Å². The molecule has 0 radical (unpaired) electrons. The van der Waals surface area contributed by atoms with Gasteiger partial charge in [0.25, 0.3) is 0 Å². The van der Waals surface area contributed by atoms with Crippen molar-refractivity contribution in [3.05, 3.63) is 48.2 Å². The van der Waals surface area contributed by atoms with E-state index in [4.69, 9.17) is 4.74 Å². The molecule has 0 aliphatic rings. The molecule has 3 nitrogen and oxygen atoms in total. The van der Waals surface area contributed by atoms with Crippen LogP contribution in [0, 0.1) is 5.92 Å². The van der Waals surface area contributed by atoms with E-state index < -0.39 is 0 Å². The molecule has 0 spiro atoms. The molecule has 1 aromatic heterocycles. The Balaban J connectivity index is 1.78. The summed E-state index contributed by atoms with van der Waals surface area (Å²) in [6.45, 7) is 6.41. The molecule has 0 aliphatic carbocycles. The first kappa shape index (κ1) is 25.1. The van der Waals surface area contributed by atoms with Gasteiger partial charge >= 0.3 is 5.97 Å². The maximum Gasteiger partial charge on any atom is 0.314 e. The van der Waals surface area contributed by atoms with Crippen molar-refractivity contribution in [1.29, 1.82) is 0 Å². The highest BCUT2D eigenvalue weighted by molar-refractivity contribution is 5.75. The van der Waals surface area contributed by atoms with Crippen LogP contribution in [-0.4, -0.2) is 11.0 Å². The Morgan fingerprint density at radius 1 is 0.839 bits per heavy atom. The summed E-state index contributed by atoms with van der Waals surface area (Å²) in [4.78, 5) is 16.9. The Labute approximate surface area is 189 Å². The number of hydrogen-bond donors (Lipinski definition) is 0. The lowest BCUT2D eigenvalue weighted by Crippen LogP contribution is -2.17. The molecule has 0 unspecified atom stereocenters. The molecule has 2 aromatic rings. The highest BCUT2D eigenvalue weighted by Gasteiger charge is 2.15. The average Bonchev–Trinajstić information content (AvgIpc) is 2.80. The van der Waals surface area contributed by atoms with Gasteiger partial charge in [-0.25, -0.2) is 0 Å². The highest BCUT2D eigenvalue weighted by Crippen LogP contribution is 2.22. The third-order valence-electron chi connectivity index (χ3n) is 5.91. The van der Waals surface area contributed by atoms with Crippen LogP contribution in [0.2, 0.25) is 0 Å². The minimum Gasteiger partial charge on any atom is -0.426 e. The lowest BCUT2D eigenvalue weighted by atomic mass is 10.0. The standard InChI is InChI=1S/C28H41NO2/c1-4-6-8-10-11-13-15-24-16-21-27(29-22-24)25-17-19-26(20-18-25)31-28(30)23(3)14-12-9-7-5-2/h16-23H,4-15H2,1-3H3/t23-/m0/s1. The van der Waals surface area contributed by atoms with Crippen LogP contribution in [0.15, 0.2) is 42.6 Å². The summed E-state index contributed by atoms with van der Waals surface area (Å²) in [5, 5.41) is 0. The van der Waals surface area contributed by atoms with Crippen molar-refractivity contribution in [3.8, 4) is 17.0 Å². The molecule has 1 atom stereocenters. The van der Waals surface area contributed by atoms with Crippen LogP contribution in [-0.2, 0) is 11.2 Å². The van der Waals surface area contributed by atoms with Crippen LogP contribution < -0.4 is 4.74 Å². The monoisotopic (exact) mass is 423 g/mol. The Kier molecular flexibility index (Phi) is 12.0. The van der Waals surface area contributed by atoms with Crippen molar-refractivity contribution >= 4 is 5.97 Å². The molecule has 0 saturated heterocycles. The molecule has 0 bridgehead atoms. The number of pyridine rings is 1. The number of ether oxygens (including phenoxy) is 1. The largest absolute Gasteiger partial charge is 0.426 e. The van der Waals surface area contributed by atoms with Crippen LogP contribution in [0.1, 0.15) is 97.0 Å². The molecule has 2 rings (SSSR count). The van der Waals surface area contributed by atoms with E-state index in [-0.39, 0.29) is 11.9 Å². The number of carbonyl (C=O) groups excluding carboxylic acids is 1. The molecular formula is C28H41NO2.